The number of hydrogen-bond donors (Lipinski definition) is 3. The molecule has 0 spiro atoms. The molecule has 150 valence electrons. The third-order valence-corrected chi connectivity index (χ3v) is 5.46. The van der Waals surface area contributed by atoms with Gasteiger partial charge in [-0.1, -0.05) is 12.1 Å². The fraction of sp³-hybridized carbons (Fsp3) is 0.500. The molecule has 1 unspecified atom stereocenters. The van der Waals surface area contributed by atoms with Gasteiger partial charge in [0.25, 0.3) is 5.91 Å². The van der Waals surface area contributed by atoms with Gasteiger partial charge in [-0.05, 0) is 17.7 Å². The first-order valence-electron chi connectivity index (χ1n) is 9.77. The molecule has 8 nitrogen and oxygen atoms in total. The molecule has 4 rings (SSSR count). The maximum atomic E-state index is 12.8. The van der Waals surface area contributed by atoms with Gasteiger partial charge in [0.2, 0.25) is 0 Å². The van der Waals surface area contributed by atoms with Crippen molar-refractivity contribution in [3.8, 4) is 5.75 Å². The third-order valence-electron chi connectivity index (χ3n) is 5.46. The van der Waals surface area contributed by atoms with Gasteiger partial charge in [-0.15, -0.1) is 0 Å². The number of aromatic nitrogens is 2. The predicted octanol–water partition coefficient (Wildman–Crippen LogP) is 0.867. The van der Waals surface area contributed by atoms with E-state index < -0.39 is 0 Å². The molecule has 2 aromatic rings. The quantitative estimate of drug-likeness (QED) is 0.683. The van der Waals surface area contributed by atoms with E-state index in [1.54, 1.807) is 7.11 Å². The van der Waals surface area contributed by atoms with Gasteiger partial charge in [-0.3, -0.25) is 14.8 Å². The van der Waals surface area contributed by atoms with Crippen LogP contribution in [0.15, 0.2) is 24.3 Å². The van der Waals surface area contributed by atoms with Crippen LogP contribution in [-0.4, -0.2) is 67.5 Å². The summed E-state index contributed by atoms with van der Waals surface area (Å²) in [6, 6.07) is 8.11. The Morgan fingerprint density at radius 2 is 2.11 bits per heavy atom. The Kier molecular flexibility index (Phi) is 5.90. The number of carbonyl (C=O) groups is 1. The van der Waals surface area contributed by atoms with Crippen LogP contribution in [0.2, 0.25) is 0 Å². The van der Waals surface area contributed by atoms with Crippen LogP contribution in [-0.2, 0) is 17.7 Å². The van der Waals surface area contributed by atoms with Gasteiger partial charge in [-0.25, -0.2) is 0 Å². The number of fused-ring (bicyclic) bond motifs is 1. The summed E-state index contributed by atoms with van der Waals surface area (Å²) in [4.78, 5) is 15.2. The van der Waals surface area contributed by atoms with Crippen LogP contribution < -0.4 is 15.4 Å². The van der Waals surface area contributed by atoms with Crippen molar-refractivity contribution in [1.82, 2.24) is 25.7 Å². The van der Waals surface area contributed by atoms with Gasteiger partial charge in [0, 0.05) is 50.4 Å². The highest BCUT2D eigenvalue weighted by molar-refractivity contribution is 5.94. The molecule has 2 aliphatic heterocycles. The summed E-state index contributed by atoms with van der Waals surface area (Å²) in [5.41, 5.74) is 3.69. The maximum Gasteiger partial charge on any atom is 0.272 e. The molecular formula is C20H27N5O3. The fourth-order valence-corrected chi connectivity index (χ4v) is 3.86. The van der Waals surface area contributed by atoms with Gasteiger partial charge in [0.1, 0.15) is 5.75 Å². The summed E-state index contributed by atoms with van der Waals surface area (Å²) in [5, 5.41) is 13.7. The summed E-state index contributed by atoms with van der Waals surface area (Å²) in [7, 11) is 1.66. The summed E-state index contributed by atoms with van der Waals surface area (Å²) in [6.07, 6.45) is 0.873. The number of hydrogen-bond acceptors (Lipinski definition) is 6. The number of carbonyl (C=O) groups excluding carboxylic acids is 1. The van der Waals surface area contributed by atoms with Gasteiger partial charge >= 0.3 is 0 Å². The van der Waals surface area contributed by atoms with Crippen molar-refractivity contribution < 1.29 is 14.3 Å². The van der Waals surface area contributed by atoms with E-state index in [9.17, 15) is 4.79 Å². The molecule has 2 aliphatic rings. The highest BCUT2D eigenvalue weighted by atomic mass is 16.5. The van der Waals surface area contributed by atoms with Crippen molar-refractivity contribution in [2.75, 3.05) is 46.5 Å². The smallest absolute Gasteiger partial charge is 0.272 e. The maximum absolute atomic E-state index is 12.8. The molecule has 1 aromatic carbocycles. The van der Waals surface area contributed by atoms with E-state index in [0.717, 1.165) is 48.6 Å². The molecule has 0 bridgehead atoms. The Balaban J connectivity index is 1.48. The lowest BCUT2D eigenvalue weighted by atomic mass is 10.0. The molecule has 3 N–H and O–H groups in total. The number of nitrogens with one attached hydrogen (secondary N) is 3. The van der Waals surface area contributed by atoms with Crippen LogP contribution in [0.3, 0.4) is 0 Å². The fourth-order valence-electron chi connectivity index (χ4n) is 3.86. The highest BCUT2D eigenvalue weighted by Crippen LogP contribution is 2.24. The minimum atomic E-state index is -0.132. The molecule has 1 atom stereocenters. The molecule has 0 radical (unpaired) electrons. The standard InChI is InChI=1S/C20H27N5O3/c1-27-15-4-2-14(3-5-15)18(25-8-10-28-11-9-25)13-22-20(26)19-16-12-21-7-6-17(16)23-24-19/h2-5,18,21H,6-13H2,1H3,(H,22,26)(H,23,24). The Hall–Kier alpha value is -2.42. The van der Waals surface area contributed by atoms with Crippen molar-refractivity contribution in [1.29, 1.82) is 0 Å². The molecule has 1 amide bonds. The van der Waals surface area contributed by atoms with Crippen LogP contribution in [0.1, 0.15) is 33.4 Å². The zero-order valence-electron chi connectivity index (χ0n) is 16.2. The lowest BCUT2D eigenvalue weighted by Gasteiger charge is -2.35. The summed E-state index contributed by atoms with van der Waals surface area (Å²) < 4.78 is 10.8. The molecule has 0 saturated carbocycles. The predicted molar refractivity (Wildman–Crippen MR) is 104 cm³/mol. The summed E-state index contributed by atoms with van der Waals surface area (Å²) in [5.74, 6) is 0.692. The highest BCUT2D eigenvalue weighted by Gasteiger charge is 2.26. The number of methoxy groups -OCH3 is 1. The molecule has 0 aliphatic carbocycles. The second-order valence-corrected chi connectivity index (χ2v) is 7.10. The molecule has 1 aromatic heterocycles. The van der Waals surface area contributed by atoms with Crippen molar-refractivity contribution in [2.24, 2.45) is 0 Å². The average Bonchev–Trinajstić information content (AvgIpc) is 3.19. The normalized spacial score (nSPS) is 18.3. The molecule has 3 heterocycles. The molecule has 8 heteroatoms. The Labute approximate surface area is 164 Å². The minimum absolute atomic E-state index is 0.0756. The lowest BCUT2D eigenvalue weighted by Crippen LogP contribution is -2.44. The SMILES string of the molecule is COc1ccc(C(CNC(=O)c2n[nH]c3c2CNCC3)N2CCOCC2)cc1. The first-order chi connectivity index (χ1) is 13.8. The number of H-pyrrole nitrogens is 1. The zero-order valence-corrected chi connectivity index (χ0v) is 16.2. The molecule has 1 fully saturated rings. The number of aromatic amines is 1. The first kappa shape index (κ1) is 18.9. The first-order valence-corrected chi connectivity index (χ1v) is 9.77. The van der Waals surface area contributed by atoms with E-state index in [-0.39, 0.29) is 11.9 Å². The summed E-state index contributed by atoms with van der Waals surface area (Å²) in [6.45, 7) is 5.20. The van der Waals surface area contributed by atoms with E-state index >= 15 is 0 Å². The van der Waals surface area contributed by atoms with Crippen LogP contribution in [0.25, 0.3) is 0 Å². The molecule has 28 heavy (non-hydrogen) atoms. The number of nitrogens with zero attached hydrogens (tertiary/aromatic N) is 2. The number of morpholine rings is 1. The second kappa shape index (κ2) is 8.72. The third kappa shape index (κ3) is 4.04. The molecule has 1 saturated heterocycles. The number of benzene rings is 1. The van der Waals surface area contributed by atoms with Crippen molar-refractivity contribution >= 4 is 5.91 Å². The van der Waals surface area contributed by atoms with Crippen molar-refractivity contribution in [3.05, 3.63) is 46.8 Å². The summed E-state index contributed by atoms with van der Waals surface area (Å²) >= 11 is 0. The minimum Gasteiger partial charge on any atom is -0.497 e. The van der Waals surface area contributed by atoms with E-state index in [1.807, 2.05) is 12.1 Å². The Morgan fingerprint density at radius 1 is 1.32 bits per heavy atom. The van der Waals surface area contributed by atoms with Crippen LogP contribution in [0.4, 0.5) is 0 Å². The van der Waals surface area contributed by atoms with E-state index in [1.165, 1.54) is 0 Å². The van der Waals surface area contributed by atoms with E-state index in [2.05, 4.69) is 37.9 Å². The van der Waals surface area contributed by atoms with Crippen LogP contribution in [0.5, 0.6) is 5.75 Å². The second-order valence-electron chi connectivity index (χ2n) is 7.10. The van der Waals surface area contributed by atoms with Crippen molar-refractivity contribution in [2.45, 2.75) is 19.0 Å². The van der Waals surface area contributed by atoms with Gasteiger partial charge in [0.15, 0.2) is 5.69 Å². The number of rotatable bonds is 6. The largest absolute Gasteiger partial charge is 0.497 e. The Morgan fingerprint density at radius 3 is 2.86 bits per heavy atom. The Bertz CT molecular complexity index is 799. The topological polar surface area (TPSA) is 91.5 Å². The monoisotopic (exact) mass is 385 g/mol. The van der Waals surface area contributed by atoms with Gasteiger partial charge < -0.3 is 20.1 Å². The van der Waals surface area contributed by atoms with E-state index in [4.69, 9.17) is 9.47 Å². The van der Waals surface area contributed by atoms with Gasteiger partial charge in [-0.2, -0.15) is 5.10 Å². The number of amides is 1. The number of ether oxygens (including phenoxy) is 2. The van der Waals surface area contributed by atoms with E-state index in [0.29, 0.717) is 32.0 Å². The lowest BCUT2D eigenvalue weighted by molar-refractivity contribution is 0.0162. The van der Waals surface area contributed by atoms with Crippen LogP contribution >= 0.6 is 0 Å². The molecular weight excluding hydrogens is 358 g/mol. The van der Waals surface area contributed by atoms with Crippen molar-refractivity contribution in [3.63, 3.8) is 0 Å². The van der Waals surface area contributed by atoms with Gasteiger partial charge in [0.05, 0.1) is 26.4 Å². The zero-order chi connectivity index (χ0) is 19.3. The van der Waals surface area contributed by atoms with Crippen LogP contribution in [0, 0.1) is 0 Å². The average molecular weight is 385 g/mol.